The van der Waals surface area contributed by atoms with Crippen LogP contribution in [0.5, 0.6) is 0 Å². The van der Waals surface area contributed by atoms with Gasteiger partial charge < -0.3 is 5.32 Å². The van der Waals surface area contributed by atoms with E-state index in [0.29, 0.717) is 17.8 Å². The second-order valence-electron chi connectivity index (χ2n) is 5.81. The summed E-state index contributed by atoms with van der Waals surface area (Å²) < 4.78 is 23.2. The van der Waals surface area contributed by atoms with Gasteiger partial charge in [-0.25, -0.2) is 8.42 Å². The maximum atomic E-state index is 11.6. The number of hydrogen-bond donors (Lipinski definition) is 1. The van der Waals surface area contributed by atoms with Crippen LogP contribution < -0.4 is 5.32 Å². The van der Waals surface area contributed by atoms with Crippen molar-refractivity contribution in [1.82, 2.24) is 10.2 Å². The van der Waals surface area contributed by atoms with Crippen LogP contribution in [0.15, 0.2) is 30.3 Å². The van der Waals surface area contributed by atoms with Crippen molar-refractivity contribution in [2.24, 2.45) is 0 Å². The fourth-order valence-corrected chi connectivity index (χ4v) is 3.63. The number of hydrogen-bond acceptors (Lipinski definition) is 4. The Balaban J connectivity index is 1.90. The fourth-order valence-electron chi connectivity index (χ4n) is 2.77. The van der Waals surface area contributed by atoms with Crippen LogP contribution in [0.3, 0.4) is 0 Å². The molecule has 1 aromatic carbocycles. The van der Waals surface area contributed by atoms with Crippen molar-refractivity contribution < 1.29 is 8.42 Å². The maximum Gasteiger partial charge on any atom is 0.150 e. The van der Waals surface area contributed by atoms with Crippen LogP contribution in [0.25, 0.3) is 0 Å². The molecule has 0 aromatic heterocycles. The van der Waals surface area contributed by atoms with Crippen LogP contribution in [-0.4, -0.2) is 50.5 Å². The summed E-state index contributed by atoms with van der Waals surface area (Å²) in [6.45, 7) is 6.65. The Labute approximate surface area is 128 Å². The molecule has 1 N–H and O–H groups in total. The van der Waals surface area contributed by atoms with Crippen molar-refractivity contribution in [3.8, 4) is 0 Å². The van der Waals surface area contributed by atoms with E-state index < -0.39 is 9.84 Å². The summed E-state index contributed by atoms with van der Waals surface area (Å²) in [5, 5.41) is 3.57. The first-order valence-corrected chi connectivity index (χ1v) is 9.57. The Morgan fingerprint density at radius 2 is 2.00 bits per heavy atom. The first-order valence-electron chi connectivity index (χ1n) is 7.74. The summed E-state index contributed by atoms with van der Waals surface area (Å²) in [6, 6.07) is 11.2. The summed E-state index contributed by atoms with van der Waals surface area (Å²) in [5.74, 6) is 0.549. The number of piperazine rings is 1. The molecule has 4 nitrogen and oxygen atoms in total. The standard InChI is InChI=1S/C16H26N2O2S/c1-3-21(19,20)11-7-10-18-13-16(17-12-14(18)2)15-8-5-4-6-9-15/h4-6,8-9,14,16-17H,3,7,10-13H2,1-2H3. The van der Waals surface area contributed by atoms with Crippen molar-refractivity contribution in [3.05, 3.63) is 35.9 Å². The van der Waals surface area contributed by atoms with Gasteiger partial charge >= 0.3 is 0 Å². The molecule has 2 unspecified atom stereocenters. The van der Waals surface area contributed by atoms with E-state index in [9.17, 15) is 8.42 Å². The minimum atomic E-state index is -2.85. The third-order valence-corrected chi connectivity index (χ3v) is 6.03. The van der Waals surface area contributed by atoms with Gasteiger partial charge in [-0.3, -0.25) is 4.90 Å². The molecule has 5 heteroatoms. The Bertz CT molecular complexity index is 530. The third-order valence-electron chi connectivity index (χ3n) is 4.24. The molecule has 0 amide bonds. The predicted molar refractivity (Wildman–Crippen MR) is 87.2 cm³/mol. The summed E-state index contributed by atoms with van der Waals surface area (Å²) in [7, 11) is -2.85. The molecular formula is C16H26N2O2S. The smallest absolute Gasteiger partial charge is 0.150 e. The molecule has 0 saturated carbocycles. The highest BCUT2D eigenvalue weighted by Crippen LogP contribution is 2.19. The molecule has 1 heterocycles. The topological polar surface area (TPSA) is 49.4 Å². The first kappa shape index (κ1) is 16.5. The van der Waals surface area contributed by atoms with Crippen molar-refractivity contribution in [3.63, 3.8) is 0 Å². The van der Waals surface area contributed by atoms with E-state index in [4.69, 9.17) is 0 Å². The van der Waals surface area contributed by atoms with Gasteiger partial charge in [0.05, 0.1) is 5.75 Å². The lowest BCUT2D eigenvalue weighted by atomic mass is 10.0. The molecular weight excluding hydrogens is 284 g/mol. The Hall–Kier alpha value is -0.910. The number of rotatable bonds is 6. The lowest BCUT2D eigenvalue weighted by Crippen LogP contribution is -2.51. The molecule has 1 fully saturated rings. The summed E-state index contributed by atoms with van der Waals surface area (Å²) in [4.78, 5) is 2.40. The molecule has 118 valence electrons. The zero-order valence-corrected chi connectivity index (χ0v) is 13.8. The number of sulfone groups is 1. The van der Waals surface area contributed by atoms with Crippen LogP contribution in [0.2, 0.25) is 0 Å². The fraction of sp³-hybridized carbons (Fsp3) is 0.625. The molecule has 1 aliphatic heterocycles. The largest absolute Gasteiger partial charge is 0.307 e. The molecule has 0 aliphatic carbocycles. The van der Waals surface area contributed by atoms with E-state index in [1.165, 1.54) is 5.56 Å². The van der Waals surface area contributed by atoms with Crippen LogP contribution in [-0.2, 0) is 9.84 Å². The van der Waals surface area contributed by atoms with E-state index in [0.717, 1.165) is 26.1 Å². The minimum absolute atomic E-state index is 0.247. The quantitative estimate of drug-likeness (QED) is 0.871. The highest BCUT2D eigenvalue weighted by molar-refractivity contribution is 7.91. The van der Waals surface area contributed by atoms with Crippen LogP contribution in [0, 0.1) is 0 Å². The molecule has 1 aromatic rings. The zero-order chi connectivity index (χ0) is 15.3. The van der Waals surface area contributed by atoms with Gasteiger partial charge in [-0.05, 0) is 25.5 Å². The molecule has 2 atom stereocenters. The minimum Gasteiger partial charge on any atom is -0.307 e. The molecule has 0 radical (unpaired) electrons. The van der Waals surface area contributed by atoms with Gasteiger partial charge in [-0.1, -0.05) is 37.3 Å². The normalized spacial score (nSPS) is 24.1. The number of nitrogens with zero attached hydrogens (tertiary/aromatic N) is 1. The summed E-state index contributed by atoms with van der Waals surface area (Å²) >= 11 is 0. The van der Waals surface area contributed by atoms with Gasteiger partial charge in [-0.15, -0.1) is 0 Å². The average Bonchev–Trinajstić information content (AvgIpc) is 2.50. The molecule has 0 spiro atoms. The van der Waals surface area contributed by atoms with Gasteiger partial charge in [0, 0.05) is 30.9 Å². The molecule has 2 rings (SSSR count). The Morgan fingerprint density at radius 3 is 2.67 bits per heavy atom. The van der Waals surface area contributed by atoms with E-state index in [2.05, 4.69) is 41.4 Å². The van der Waals surface area contributed by atoms with E-state index >= 15 is 0 Å². The summed E-state index contributed by atoms with van der Waals surface area (Å²) in [6.07, 6.45) is 0.724. The van der Waals surface area contributed by atoms with Crippen molar-refractivity contribution in [2.75, 3.05) is 31.1 Å². The molecule has 0 bridgehead atoms. The summed E-state index contributed by atoms with van der Waals surface area (Å²) in [5.41, 5.74) is 1.30. The Morgan fingerprint density at radius 1 is 1.29 bits per heavy atom. The SMILES string of the molecule is CCS(=O)(=O)CCCN1CC(c2ccccc2)NCC1C. The van der Waals surface area contributed by atoms with Crippen molar-refractivity contribution in [2.45, 2.75) is 32.4 Å². The number of benzene rings is 1. The van der Waals surface area contributed by atoms with E-state index in [1.807, 2.05) is 6.07 Å². The Kier molecular flexibility index (Phi) is 5.79. The lowest BCUT2D eigenvalue weighted by molar-refractivity contribution is 0.141. The third kappa shape index (κ3) is 4.80. The average molecular weight is 310 g/mol. The maximum absolute atomic E-state index is 11.6. The monoisotopic (exact) mass is 310 g/mol. The van der Waals surface area contributed by atoms with Crippen molar-refractivity contribution >= 4 is 9.84 Å². The molecule has 21 heavy (non-hydrogen) atoms. The molecule has 1 saturated heterocycles. The van der Waals surface area contributed by atoms with E-state index in [1.54, 1.807) is 6.92 Å². The second-order valence-corrected chi connectivity index (χ2v) is 8.28. The van der Waals surface area contributed by atoms with Crippen LogP contribution in [0.1, 0.15) is 31.9 Å². The van der Waals surface area contributed by atoms with Gasteiger partial charge in [-0.2, -0.15) is 0 Å². The van der Waals surface area contributed by atoms with Gasteiger partial charge in [0.15, 0.2) is 0 Å². The second kappa shape index (κ2) is 7.38. The predicted octanol–water partition coefficient (Wildman–Crippen LogP) is 1.85. The van der Waals surface area contributed by atoms with Gasteiger partial charge in [0.2, 0.25) is 0 Å². The van der Waals surface area contributed by atoms with Gasteiger partial charge in [0.25, 0.3) is 0 Å². The van der Waals surface area contributed by atoms with Crippen LogP contribution >= 0.6 is 0 Å². The number of nitrogens with one attached hydrogen (secondary N) is 1. The van der Waals surface area contributed by atoms with Crippen LogP contribution in [0.4, 0.5) is 0 Å². The molecule has 1 aliphatic rings. The highest BCUT2D eigenvalue weighted by Gasteiger charge is 2.25. The first-order chi connectivity index (χ1) is 10.0. The zero-order valence-electron chi connectivity index (χ0n) is 13.0. The van der Waals surface area contributed by atoms with Gasteiger partial charge in [0.1, 0.15) is 9.84 Å². The lowest BCUT2D eigenvalue weighted by Gasteiger charge is -2.39. The van der Waals surface area contributed by atoms with Crippen molar-refractivity contribution in [1.29, 1.82) is 0 Å². The highest BCUT2D eigenvalue weighted by atomic mass is 32.2. The van der Waals surface area contributed by atoms with E-state index in [-0.39, 0.29) is 5.75 Å².